The summed E-state index contributed by atoms with van der Waals surface area (Å²) in [5, 5.41) is 13.1. The van der Waals surface area contributed by atoms with E-state index in [1.807, 2.05) is 12.1 Å². The minimum atomic E-state index is -0.989. The largest absolute Gasteiger partial charge is 0.480 e. The Bertz CT molecular complexity index is 889. The first kappa shape index (κ1) is 19.6. The summed E-state index contributed by atoms with van der Waals surface area (Å²) in [5.74, 6) is -1.10. The number of halogens is 2. The van der Waals surface area contributed by atoms with Crippen LogP contribution in [0.2, 0.25) is 5.02 Å². The van der Waals surface area contributed by atoms with Crippen molar-refractivity contribution in [3.05, 3.63) is 63.0 Å². The molecule has 2 heterocycles. The van der Waals surface area contributed by atoms with Crippen molar-refractivity contribution in [1.82, 2.24) is 4.98 Å². The first-order valence-electron chi connectivity index (χ1n) is 8.31. The molecule has 3 rings (SSSR count). The van der Waals surface area contributed by atoms with E-state index >= 15 is 0 Å². The van der Waals surface area contributed by atoms with Gasteiger partial charge in [-0.2, -0.15) is 0 Å². The van der Waals surface area contributed by atoms with Crippen LogP contribution in [-0.2, 0) is 9.59 Å². The fraction of sp³-hybridized carbons (Fsp3) is 0.211. The molecule has 1 amide bonds. The van der Waals surface area contributed by atoms with E-state index in [2.05, 4.69) is 32.9 Å². The molecule has 8 heteroatoms. The zero-order chi connectivity index (χ0) is 19.4. The van der Waals surface area contributed by atoms with Crippen molar-refractivity contribution >= 4 is 57.4 Å². The van der Waals surface area contributed by atoms with E-state index in [0.717, 1.165) is 9.26 Å². The molecular weight excluding hydrogens is 481 g/mol. The van der Waals surface area contributed by atoms with E-state index in [1.165, 1.54) is 0 Å². The van der Waals surface area contributed by atoms with E-state index in [9.17, 15) is 14.7 Å². The van der Waals surface area contributed by atoms with Crippen molar-refractivity contribution in [2.75, 3.05) is 16.8 Å². The van der Waals surface area contributed by atoms with Crippen LogP contribution in [0.25, 0.3) is 0 Å². The molecule has 0 bridgehead atoms. The van der Waals surface area contributed by atoms with Gasteiger partial charge in [-0.3, -0.25) is 9.78 Å². The number of pyridine rings is 1. The Labute approximate surface area is 175 Å². The van der Waals surface area contributed by atoms with Crippen LogP contribution in [0.3, 0.4) is 0 Å². The maximum absolute atomic E-state index is 12.6. The lowest BCUT2D eigenvalue weighted by molar-refractivity contribution is -0.137. The number of rotatable bonds is 6. The van der Waals surface area contributed by atoms with Crippen LogP contribution in [0, 0.1) is 3.57 Å². The summed E-state index contributed by atoms with van der Waals surface area (Å²) < 4.78 is 0.871. The molecule has 1 aliphatic heterocycles. The van der Waals surface area contributed by atoms with Gasteiger partial charge in [0.25, 0.3) is 5.91 Å². The smallest absolute Gasteiger partial charge is 0.326 e. The Morgan fingerprint density at radius 1 is 1.44 bits per heavy atom. The number of carboxylic acid groups (broad SMARTS) is 1. The summed E-state index contributed by atoms with van der Waals surface area (Å²) in [6.07, 6.45) is 5.78. The van der Waals surface area contributed by atoms with Gasteiger partial charge in [-0.05, 0) is 65.8 Å². The van der Waals surface area contributed by atoms with Gasteiger partial charge in [-0.15, -0.1) is 0 Å². The average molecular weight is 498 g/mol. The monoisotopic (exact) mass is 497 g/mol. The van der Waals surface area contributed by atoms with Gasteiger partial charge < -0.3 is 15.3 Å². The van der Waals surface area contributed by atoms with Crippen LogP contribution in [0.1, 0.15) is 12.8 Å². The van der Waals surface area contributed by atoms with Crippen LogP contribution in [-0.4, -0.2) is 34.6 Å². The van der Waals surface area contributed by atoms with Crippen molar-refractivity contribution in [3.63, 3.8) is 0 Å². The van der Waals surface area contributed by atoms with Crippen LogP contribution in [0.15, 0.2) is 54.4 Å². The minimum absolute atomic E-state index is 0.107. The third-order valence-electron chi connectivity index (χ3n) is 4.24. The normalized spacial score (nSPS) is 16.6. The Hall–Kier alpha value is -2.13. The van der Waals surface area contributed by atoms with Crippen molar-refractivity contribution in [2.24, 2.45) is 0 Å². The lowest BCUT2D eigenvalue weighted by Gasteiger charge is -2.16. The predicted octanol–water partition coefficient (Wildman–Crippen LogP) is 3.96. The minimum Gasteiger partial charge on any atom is -0.480 e. The number of nitrogens with one attached hydrogen (secondary N) is 1. The van der Waals surface area contributed by atoms with Crippen molar-refractivity contribution in [1.29, 1.82) is 0 Å². The third-order valence-corrected chi connectivity index (χ3v) is 5.41. The molecule has 1 unspecified atom stereocenters. The van der Waals surface area contributed by atoms with E-state index in [1.54, 1.807) is 41.6 Å². The lowest BCUT2D eigenvalue weighted by Crippen LogP contribution is -2.29. The Balaban J connectivity index is 1.71. The topological polar surface area (TPSA) is 82.5 Å². The van der Waals surface area contributed by atoms with Gasteiger partial charge in [-0.1, -0.05) is 17.7 Å². The van der Waals surface area contributed by atoms with Gasteiger partial charge in [0, 0.05) is 32.6 Å². The molecule has 1 saturated heterocycles. The highest BCUT2D eigenvalue weighted by molar-refractivity contribution is 14.1. The van der Waals surface area contributed by atoms with Gasteiger partial charge in [0.1, 0.15) is 6.04 Å². The highest BCUT2D eigenvalue weighted by Gasteiger charge is 2.28. The van der Waals surface area contributed by atoms with E-state index in [0.29, 0.717) is 29.2 Å². The van der Waals surface area contributed by atoms with E-state index in [-0.39, 0.29) is 12.3 Å². The summed E-state index contributed by atoms with van der Waals surface area (Å²) in [7, 11) is 0. The van der Waals surface area contributed by atoms with Crippen LogP contribution in [0.4, 0.5) is 11.4 Å². The number of nitrogens with zero attached hydrogens (tertiary/aromatic N) is 2. The summed E-state index contributed by atoms with van der Waals surface area (Å²) in [6.45, 7) is 0.563. The standard InChI is InChI=1S/C19H17ClIN3O3/c20-13-4-5-15(21)17(10-13)23-16(19(26)27)6-3-12-7-9-24(18(12)25)14-2-1-8-22-11-14/h1-5,8,10-11,16,23H,6-7,9H2,(H,26,27). The molecule has 27 heavy (non-hydrogen) atoms. The number of anilines is 2. The molecule has 1 aromatic heterocycles. The first-order chi connectivity index (χ1) is 13.0. The summed E-state index contributed by atoms with van der Waals surface area (Å²) >= 11 is 8.11. The number of benzene rings is 1. The highest BCUT2D eigenvalue weighted by atomic mass is 127. The first-order valence-corrected chi connectivity index (χ1v) is 9.76. The molecule has 140 valence electrons. The van der Waals surface area contributed by atoms with Gasteiger partial charge in [-0.25, -0.2) is 4.79 Å². The molecule has 1 fully saturated rings. The number of hydrogen-bond donors (Lipinski definition) is 2. The van der Waals surface area contributed by atoms with Gasteiger partial charge in [0.15, 0.2) is 0 Å². The molecule has 0 radical (unpaired) electrons. The second kappa shape index (κ2) is 8.71. The number of carbonyl (C=O) groups excluding carboxylic acids is 1. The maximum Gasteiger partial charge on any atom is 0.326 e. The molecule has 1 aliphatic rings. The van der Waals surface area contributed by atoms with Crippen LogP contribution < -0.4 is 10.2 Å². The Morgan fingerprint density at radius 2 is 2.26 bits per heavy atom. The summed E-state index contributed by atoms with van der Waals surface area (Å²) in [5.41, 5.74) is 2.02. The van der Waals surface area contributed by atoms with Gasteiger partial charge in [0.05, 0.1) is 11.9 Å². The van der Waals surface area contributed by atoms with Crippen molar-refractivity contribution in [3.8, 4) is 0 Å². The van der Waals surface area contributed by atoms with Crippen LogP contribution in [0.5, 0.6) is 0 Å². The number of amides is 1. The fourth-order valence-corrected chi connectivity index (χ4v) is 3.50. The van der Waals surface area contributed by atoms with Crippen molar-refractivity contribution < 1.29 is 14.7 Å². The van der Waals surface area contributed by atoms with Crippen molar-refractivity contribution in [2.45, 2.75) is 18.9 Å². The molecule has 0 spiro atoms. The maximum atomic E-state index is 12.6. The molecule has 6 nitrogen and oxygen atoms in total. The third kappa shape index (κ3) is 4.78. The van der Waals surface area contributed by atoms with Gasteiger partial charge >= 0.3 is 5.97 Å². The summed E-state index contributed by atoms with van der Waals surface area (Å²) in [6, 6.07) is 8.00. The fourth-order valence-electron chi connectivity index (χ4n) is 2.84. The van der Waals surface area contributed by atoms with Gasteiger partial charge in [0.2, 0.25) is 0 Å². The summed E-state index contributed by atoms with van der Waals surface area (Å²) in [4.78, 5) is 29.9. The van der Waals surface area contributed by atoms with Crippen LogP contribution >= 0.6 is 34.2 Å². The molecule has 2 aromatic rings. The number of aromatic nitrogens is 1. The second-order valence-electron chi connectivity index (χ2n) is 6.04. The molecule has 0 saturated carbocycles. The number of hydrogen-bond acceptors (Lipinski definition) is 4. The molecular formula is C19H17ClIN3O3. The van der Waals surface area contributed by atoms with E-state index in [4.69, 9.17) is 11.6 Å². The molecule has 2 N–H and O–H groups in total. The second-order valence-corrected chi connectivity index (χ2v) is 7.64. The average Bonchev–Trinajstić information content (AvgIpc) is 3.02. The lowest BCUT2D eigenvalue weighted by atomic mass is 10.1. The number of aliphatic carboxylic acids is 1. The molecule has 1 atom stereocenters. The zero-order valence-electron chi connectivity index (χ0n) is 14.2. The Morgan fingerprint density at radius 3 is 2.96 bits per heavy atom. The predicted molar refractivity (Wildman–Crippen MR) is 113 cm³/mol. The number of carbonyl (C=O) groups is 2. The SMILES string of the molecule is O=C(O)C(CC=C1CCN(c2cccnc2)C1=O)Nc1cc(Cl)ccc1I. The molecule has 1 aromatic carbocycles. The molecule has 0 aliphatic carbocycles. The number of carboxylic acids is 1. The zero-order valence-corrected chi connectivity index (χ0v) is 17.1. The van der Waals surface area contributed by atoms with E-state index < -0.39 is 12.0 Å². The quantitative estimate of drug-likeness (QED) is 0.466. The Kier molecular flexibility index (Phi) is 6.33. The highest BCUT2D eigenvalue weighted by Crippen LogP contribution is 2.26.